The first-order valence-corrected chi connectivity index (χ1v) is 9.53. The molecule has 4 nitrogen and oxygen atoms in total. The molecule has 0 bridgehead atoms. The van der Waals surface area contributed by atoms with Gasteiger partial charge in [-0.2, -0.15) is 0 Å². The van der Waals surface area contributed by atoms with Crippen molar-refractivity contribution in [1.29, 1.82) is 0 Å². The lowest BCUT2D eigenvalue weighted by Crippen LogP contribution is -2.26. The molecule has 1 aliphatic rings. The first kappa shape index (κ1) is 16.8. The Labute approximate surface area is 154 Å². The van der Waals surface area contributed by atoms with Crippen LogP contribution in [0.1, 0.15) is 43.5 Å². The van der Waals surface area contributed by atoms with Crippen molar-refractivity contribution in [2.24, 2.45) is 0 Å². The zero-order valence-electron chi connectivity index (χ0n) is 15.3. The fourth-order valence-electron chi connectivity index (χ4n) is 3.85. The zero-order valence-corrected chi connectivity index (χ0v) is 15.3. The third-order valence-electron chi connectivity index (χ3n) is 5.23. The molecule has 0 spiro atoms. The van der Waals surface area contributed by atoms with Crippen molar-refractivity contribution < 1.29 is 4.79 Å². The third kappa shape index (κ3) is 3.24. The van der Waals surface area contributed by atoms with Crippen LogP contribution in [0, 0.1) is 0 Å². The molecule has 26 heavy (non-hydrogen) atoms. The number of fused-ring (bicyclic) bond motifs is 1. The van der Waals surface area contributed by atoms with Crippen LogP contribution in [-0.4, -0.2) is 33.4 Å². The maximum atomic E-state index is 12.4. The average Bonchev–Trinajstić information content (AvgIpc) is 3.22. The summed E-state index contributed by atoms with van der Waals surface area (Å²) in [4.78, 5) is 19.4. The quantitative estimate of drug-likeness (QED) is 0.670. The van der Waals surface area contributed by atoms with E-state index in [2.05, 4.69) is 54.0 Å². The molecular formula is C22H25N3O. The van der Waals surface area contributed by atoms with E-state index >= 15 is 0 Å². The number of carbonyl (C=O) groups is 1. The van der Waals surface area contributed by atoms with Crippen LogP contribution in [0.3, 0.4) is 0 Å². The average molecular weight is 347 g/mol. The van der Waals surface area contributed by atoms with Gasteiger partial charge in [-0.05, 0) is 24.1 Å². The van der Waals surface area contributed by atoms with E-state index in [1.807, 2.05) is 17.0 Å². The van der Waals surface area contributed by atoms with E-state index in [1.165, 1.54) is 5.56 Å². The second-order valence-electron chi connectivity index (χ2n) is 7.12. The van der Waals surface area contributed by atoms with Gasteiger partial charge in [0.1, 0.15) is 5.82 Å². The second-order valence-corrected chi connectivity index (χ2v) is 7.12. The number of imidazole rings is 1. The summed E-state index contributed by atoms with van der Waals surface area (Å²) in [6.07, 6.45) is 2.75. The van der Waals surface area contributed by atoms with Gasteiger partial charge in [0.2, 0.25) is 5.91 Å². The number of benzene rings is 2. The molecule has 0 unspecified atom stereocenters. The predicted octanol–water partition coefficient (Wildman–Crippen LogP) is 4.20. The van der Waals surface area contributed by atoms with E-state index in [0.29, 0.717) is 6.42 Å². The summed E-state index contributed by atoms with van der Waals surface area (Å²) in [7, 11) is 0. The summed E-state index contributed by atoms with van der Waals surface area (Å²) in [5.41, 5.74) is 3.41. The number of amides is 1. The first-order chi connectivity index (χ1) is 12.8. The minimum absolute atomic E-state index is 0.176. The maximum Gasteiger partial charge on any atom is 0.223 e. The SMILES string of the molecule is CCCCN1C[C@@H](c2nc3ccccc3n2Cc2ccccc2)CC1=O. The Balaban J connectivity index is 1.68. The number of likely N-dealkylation sites (tertiary alicyclic amines) is 1. The smallest absolute Gasteiger partial charge is 0.223 e. The van der Waals surface area contributed by atoms with E-state index in [1.54, 1.807) is 0 Å². The Kier molecular flexibility index (Phi) is 4.74. The van der Waals surface area contributed by atoms with Crippen molar-refractivity contribution >= 4 is 16.9 Å². The fraction of sp³-hybridized carbons (Fsp3) is 0.364. The molecule has 3 aromatic rings. The Morgan fingerprint density at radius 3 is 2.65 bits per heavy atom. The highest BCUT2D eigenvalue weighted by Crippen LogP contribution is 2.31. The van der Waals surface area contributed by atoms with E-state index < -0.39 is 0 Å². The highest BCUT2D eigenvalue weighted by Gasteiger charge is 2.33. The normalized spacial score (nSPS) is 17.3. The van der Waals surface area contributed by atoms with Gasteiger partial charge in [-0.1, -0.05) is 55.8 Å². The van der Waals surface area contributed by atoms with Crippen LogP contribution in [0.2, 0.25) is 0 Å². The summed E-state index contributed by atoms with van der Waals surface area (Å²) in [6.45, 7) is 4.61. The van der Waals surface area contributed by atoms with Crippen LogP contribution in [0.15, 0.2) is 54.6 Å². The fourth-order valence-corrected chi connectivity index (χ4v) is 3.85. The largest absolute Gasteiger partial charge is 0.342 e. The number of unbranched alkanes of at least 4 members (excludes halogenated alkanes) is 1. The lowest BCUT2D eigenvalue weighted by molar-refractivity contribution is -0.127. The van der Waals surface area contributed by atoms with Crippen molar-refractivity contribution in [2.45, 2.75) is 38.6 Å². The second kappa shape index (κ2) is 7.32. The molecule has 1 fully saturated rings. The Morgan fingerprint density at radius 2 is 1.85 bits per heavy atom. The number of hydrogen-bond donors (Lipinski definition) is 0. The predicted molar refractivity (Wildman–Crippen MR) is 104 cm³/mol. The number of para-hydroxylation sites is 2. The topological polar surface area (TPSA) is 38.1 Å². The van der Waals surface area contributed by atoms with E-state index in [0.717, 1.165) is 49.3 Å². The van der Waals surface area contributed by atoms with Crippen molar-refractivity contribution in [2.75, 3.05) is 13.1 Å². The Hall–Kier alpha value is -2.62. The van der Waals surface area contributed by atoms with Gasteiger partial charge in [-0.15, -0.1) is 0 Å². The molecule has 1 amide bonds. The standard InChI is InChI=1S/C22H25N3O/c1-2-3-13-24-16-18(14-21(24)26)22-23-19-11-7-8-12-20(19)25(22)15-17-9-5-4-6-10-17/h4-12,18H,2-3,13-16H2,1H3/t18-/m0/s1. The minimum atomic E-state index is 0.176. The van der Waals surface area contributed by atoms with Gasteiger partial charge in [0, 0.05) is 32.0 Å². The molecule has 1 saturated heterocycles. The summed E-state index contributed by atoms with van der Waals surface area (Å²) in [6, 6.07) is 18.7. The van der Waals surface area contributed by atoms with Crippen molar-refractivity contribution in [1.82, 2.24) is 14.5 Å². The number of nitrogens with zero attached hydrogens (tertiary/aromatic N) is 3. The molecule has 2 aromatic carbocycles. The molecular weight excluding hydrogens is 322 g/mol. The highest BCUT2D eigenvalue weighted by molar-refractivity contribution is 5.81. The van der Waals surface area contributed by atoms with Crippen LogP contribution in [-0.2, 0) is 11.3 Å². The number of hydrogen-bond acceptors (Lipinski definition) is 2. The molecule has 0 saturated carbocycles. The monoisotopic (exact) mass is 347 g/mol. The van der Waals surface area contributed by atoms with Gasteiger partial charge in [-0.25, -0.2) is 4.98 Å². The Bertz CT molecular complexity index is 900. The van der Waals surface area contributed by atoms with Gasteiger partial charge in [0.15, 0.2) is 0 Å². The number of rotatable bonds is 6. The molecule has 1 aliphatic heterocycles. The van der Waals surface area contributed by atoms with E-state index in [9.17, 15) is 4.79 Å². The van der Waals surface area contributed by atoms with Crippen LogP contribution >= 0.6 is 0 Å². The lowest BCUT2D eigenvalue weighted by atomic mass is 10.1. The summed E-state index contributed by atoms with van der Waals surface area (Å²) in [5, 5.41) is 0. The van der Waals surface area contributed by atoms with Crippen molar-refractivity contribution in [3.63, 3.8) is 0 Å². The van der Waals surface area contributed by atoms with Gasteiger partial charge in [0.05, 0.1) is 11.0 Å². The summed E-state index contributed by atoms with van der Waals surface area (Å²) >= 11 is 0. The van der Waals surface area contributed by atoms with Crippen LogP contribution in [0.4, 0.5) is 0 Å². The Morgan fingerprint density at radius 1 is 1.08 bits per heavy atom. The highest BCUT2D eigenvalue weighted by atomic mass is 16.2. The van der Waals surface area contributed by atoms with Gasteiger partial charge < -0.3 is 9.47 Å². The molecule has 1 atom stereocenters. The minimum Gasteiger partial charge on any atom is -0.342 e. The number of aromatic nitrogens is 2. The molecule has 1 aromatic heterocycles. The van der Waals surface area contributed by atoms with Crippen molar-refractivity contribution in [3.05, 3.63) is 66.0 Å². The van der Waals surface area contributed by atoms with Crippen LogP contribution in [0.5, 0.6) is 0 Å². The molecule has 134 valence electrons. The molecule has 0 N–H and O–H groups in total. The molecule has 4 heteroatoms. The summed E-state index contributed by atoms with van der Waals surface area (Å²) < 4.78 is 2.30. The van der Waals surface area contributed by atoms with E-state index in [-0.39, 0.29) is 11.8 Å². The lowest BCUT2D eigenvalue weighted by Gasteiger charge is -2.17. The van der Waals surface area contributed by atoms with Gasteiger partial charge >= 0.3 is 0 Å². The van der Waals surface area contributed by atoms with Crippen molar-refractivity contribution in [3.8, 4) is 0 Å². The van der Waals surface area contributed by atoms with Crippen LogP contribution < -0.4 is 0 Å². The van der Waals surface area contributed by atoms with Gasteiger partial charge in [0.25, 0.3) is 0 Å². The molecule has 4 rings (SSSR count). The number of carbonyl (C=O) groups excluding carboxylic acids is 1. The molecule has 2 heterocycles. The van der Waals surface area contributed by atoms with E-state index in [4.69, 9.17) is 4.98 Å². The molecule has 0 radical (unpaired) electrons. The third-order valence-corrected chi connectivity index (χ3v) is 5.23. The summed E-state index contributed by atoms with van der Waals surface area (Å²) in [5.74, 6) is 1.49. The molecule has 0 aliphatic carbocycles. The van der Waals surface area contributed by atoms with Crippen LogP contribution in [0.25, 0.3) is 11.0 Å². The maximum absolute atomic E-state index is 12.4. The van der Waals surface area contributed by atoms with Gasteiger partial charge in [-0.3, -0.25) is 4.79 Å². The zero-order chi connectivity index (χ0) is 17.9. The first-order valence-electron chi connectivity index (χ1n) is 9.53.